The topological polar surface area (TPSA) is 101 Å². The lowest BCUT2D eigenvalue weighted by Gasteiger charge is -2.19. The molecule has 8 heteroatoms. The Morgan fingerprint density at radius 3 is 3.08 bits per heavy atom. The number of ether oxygens (including phenoxy) is 1. The van der Waals surface area contributed by atoms with Crippen molar-refractivity contribution < 1.29 is 19.2 Å². The van der Waals surface area contributed by atoms with E-state index in [-0.39, 0.29) is 12.1 Å². The van der Waals surface area contributed by atoms with E-state index in [0.29, 0.717) is 50.0 Å². The summed E-state index contributed by atoms with van der Waals surface area (Å²) in [4.78, 5) is 18.2. The molecule has 0 unspecified atom stereocenters. The standard InChI is InChI=1S/C17H20N4O4/c1-2-15-19-16(20-25-15)10-3-4-12-13(9-24-14(12)7-10)18-17(23)21-6-5-11(22)8-21/h3-4,7,11,13,22H,2,5-6,8-9H2,1H3,(H,18,23)/t11-,13+/m0/s1. The number of β-amino-alcohol motifs (C(OH)–C–C–N with tert-alkyl or cyclic N) is 1. The quantitative estimate of drug-likeness (QED) is 0.875. The third kappa shape index (κ3) is 3.05. The van der Waals surface area contributed by atoms with E-state index < -0.39 is 6.10 Å². The molecule has 1 saturated heterocycles. The maximum absolute atomic E-state index is 12.3. The lowest BCUT2D eigenvalue weighted by Crippen LogP contribution is -2.41. The molecule has 1 aromatic carbocycles. The smallest absolute Gasteiger partial charge is 0.318 e. The summed E-state index contributed by atoms with van der Waals surface area (Å²) < 4.78 is 10.9. The molecular formula is C17H20N4O4. The molecule has 0 radical (unpaired) electrons. The second-order valence-corrected chi connectivity index (χ2v) is 6.32. The van der Waals surface area contributed by atoms with Crippen molar-refractivity contribution in [2.24, 2.45) is 0 Å². The monoisotopic (exact) mass is 344 g/mol. The summed E-state index contributed by atoms with van der Waals surface area (Å²) in [5.41, 5.74) is 1.74. The van der Waals surface area contributed by atoms with Gasteiger partial charge in [-0.05, 0) is 12.5 Å². The van der Waals surface area contributed by atoms with E-state index in [1.807, 2.05) is 25.1 Å². The Morgan fingerprint density at radius 2 is 2.36 bits per heavy atom. The van der Waals surface area contributed by atoms with Crippen molar-refractivity contribution in [2.45, 2.75) is 31.9 Å². The Balaban J connectivity index is 1.48. The first-order valence-electron chi connectivity index (χ1n) is 8.47. The Morgan fingerprint density at radius 1 is 1.48 bits per heavy atom. The number of fused-ring (bicyclic) bond motifs is 1. The van der Waals surface area contributed by atoms with Gasteiger partial charge in [-0.15, -0.1) is 0 Å². The average molecular weight is 344 g/mol. The van der Waals surface area contributed by atoms with Crippen LogP contribution < -0.4 is 10.1 Å². The van der Waals surface area contributed by atoms with Crippen LogP contribution in [0.15, 0.2) is 22.7 Å². The van der Waals surface area contributed by atoms with Crippen LogP contribution >= 0.6 is 0 Å². The summed E-state index contributed by atoms with van der Waals surface area (Å²) >= 11 is 0. The summed E-state index contributed by atoms with van der Waals surface area (Å²) in [5.74, 6) is 1.84. The number of aromatic nitrogens is 2. The molecule has 2 aliphatic heterocycles. The fourth-order valence-electron chi connectivity index (χ4n) is 3.15. The predicted molar refractivity (Wildman–Crippen MR) is 88.1 cm³/mol. The molecule has 1 aromatic heterocycles. The number of nitrogens with one attached hydrogen (secondary N) is 1. The van der Waals surface area contributed by atoms with Gasteiger partial charge in [0.25, 0.3) is 0 Å². The molecule has 2 aromatic rings. The minimum Gasteiger partial charge on any atom is -0.491 e. The fraction of sp³-hybridized carbons (Fsp3) is 0.471. The summed E-state index contributed by atoms with van der Waals surface area (Å²) in [6.45, 7) is 3.29. The van der Waals surface area contributed by atoms with Crippen molar-refractivity contribution in [3.05, 3.63) is 29.7 Å². The van der Waals surface area contributed by atoms with Crippen LogP contribution in [0, 0.1) is 0 Å². The summed E-state index contributed by atoms with van der Waals surface area (Å²) in [7, 11) is 0. The maximum atomic E-state index is 12.3. The second kappa shape index (κ2) is 6.36. The lowest BCUT2D eigenvalue weighted by molar-refractivity contribution is 0.169. The molecule has 132 valence electrons. The molecule has 0 aliphatic carbocycles. The van der Waals surface area contributed by atoms with Gasteiger partial charge < -0.3 is 24.6 Å². The molecule has 2 N–H and O–H groups in total. The largest absolute Gasteiger partial charge is 0.491 e. The van der Waals surface area contributed by atoms with E-state index >= 15 is 0 Å². The van der Waals surface area contributed by atoms with E-state index in [1.54, 1.807) is 4.90 Å². The molecule has 0 saturated carbocycles. The van der Waals surface area contributed by atoms with Crippen molar-refractivity contribution >= 4 is 6.03 Å². The first-order chi connectivity index (χ1) is 12.1. The van der Waals surface area contributed by atoms with Gasteiger partial charge in [0.1, 0.15) is 12.4 Å². The number of aliphatic hydroxyl groups excluding tert-OH is 1. The predicted octanol–water partition coefficient (Wildman–Crippen LogP) is 1.51. The molecule has 4 rings (SSSR count). The van der Waals surface area contributed by atoms with E-state index in [2.05, 4.69) is 15.5 Å². The van der Waals surface area contributed by atoms with Crippen LogP contribution in [-0.4, -0.2) is 52.0 Å². The molecule has 3 heterocycles. The Hall–Kier alpha value is -2.61. The highest BCUT2D eigenvalue weighted by Gasteiger charge is 2.30. The van der Waals surface area contributed by atoms with Crippen molar-refractivity contribution in [1.82, 2.24) is 20.4 Å². The molecule has 2 atom stereocenters. The van der Waals surface area contributed by atoms with Gasteiger partial charge in [0.05, 0.1) is 12.1 Å². The molecule has 25 heavy (non-hydrogen) atoms. The highest BCUT2D eigenvalue weighted by Crippen LogP contribution is 2.35. The van der Waals surface area contributed by atoms with E-state index in [9.17, 15) is 9.90 Å². The number of hydrogen-bond donors (Lipinski definition) is 2. The van der Waals surface area contributed by atoms with Gasteiger partial charge >= 0.3 is 6.03 Å². The molecule has 8 nitrogen and oxygen atoms in total. The Bertz CT molecular complexity index is 791. The minimum atomic E-state index is -0.427. The Labute approximate surface area is 144 Å². The maximum Gasteiger partial charge on any atom is 0.318 e. The third-order valence-corrected chi connectivity index (χ3v) is 4.57. The number of benzene rings is 1. The normalized spacial score (nSPS) is 21.9. The van der Waals surface area contributed by atoms with E-state index in [4.69, 9.17) is 9.26 Å². The fourth-order valence-corrected chi connectivity index (χ4v) is 3.15. The summed E-state index contributed by atoms with van der Waals surface area (Å²) in [6.07, 6.45) is 0.885. The van der Waals surface area contributed by atoms with Crippen LogP contribution in [0.4, 0.5) is 4.79 Å². The van der Waals surface area contributed by atoms with Crippen molar-refractivity contribution in [3.63, 3.8) is 0 Å². The summed E-state index contributed by atoms with van der Waals surface area (Å²) in [5, 5.41) is 16.5. The number of rotatable bonds is 3. The number of likely N-dealkylation sites (tertiary alicyclic amines) is 1. The number of urea groups is 1. The number of aryl methyl sites for hydroxylation is 1. The number of amides is 2. The number of aliphatic hydroxyl groups is 1. The zero-order chi connectivity index (χ0) is 17.4. The number of carbonyl (C=O) groups is 1. The number of carbonyl (C=O) groups excluding carboxylic acids is 1. The van der Waals surface area contributed by atoms with Crippen LogP contribution in [0.25, 0.3) is 11.4 Å². The van der Waals surface area contributed by atoms with Crippen LogP contribution in [0.5, 0.6) is 5.75 Å². The number of hydrogen-bond acceptors (Lipinski definition) is 6. The van der Waals surface area contributed by atoms with Gasteiger partial charge in [-0.2, -0.15) is 4.98 Å². The van der Waals surface area contributed by atoms with Crippen LogP contribution in [0.2, 0.25) is 0 Å². The minimum absolute atomic E-state index is 0.173. The average Bonchev–Trinajstić information content (AvgIpc) is 3.34. The van der Waals surface area contributed by atoms with Gasteiger partial charge in [0, 0.05) is 30.6 Å². The van der Waals surface area contributed by atoms with Crippen LogP contribution in [-0.2, 0) is 6.42 Å². The SMILES string of the molecule is CCc1nc(-c2ccc3c(c2)OC[C@H]3NC(=O)N2CC[C@H](O)C2)no1. The zero-order valence-corrected chi connectivity index (χ0v) is 13.9. The van der Waals surface area contributed by atoms with Crippen molar-refractivity contribution in [3.8, 4) is 17.1 Å². The lowest BCUT2D eigenvalue weighted by atomic mass is 10.1. The van der Waals surface area contributed by atoms with Gasteiger partial charge in [0.15, 0.2) is 0 Å². The molecule has 1 fully saturated rings. The van der Waals surface area contributed by atoms with Crippen LogP contribution in [0.1, 0.15) is 30.8 Å². The molecule has 0 spiro atoms. The first kappa shape index (κ1) is 15.9. The zero-order valence-electron chi connectivity index (χ0n) is 13.9. The van der Waals surface area contributed by atoms with E-state index in [1.165, 1.54) is 0 Å². The van der Waals surface area contributed by atoms with E-state index in [0.717, 1.165) is 11.1 Å². The second-order valence-electron chi connectivity index (χ2n) is 6.32. The highest BCUT2D eigenvalue weighted by molar-refractivity contribution is 5.75. The Kier molecular flexibility index (Phi) is 4.04. The van der Waals surface area contributed by atoms with Gasteiger partial charge in [-0.1, -0.05) is 24.2 Å². The molecule has 0 bridgehead atoms. The van der Waals surface area contributed by atoms with Gasteiger partial charge in [-0.25, -0.2) is 4.79 Å². The van der Waals surface area contributed by atoms with Crippen LogP contribution in [0.3, 0.4) is 0 Å². The summed E-state index contributed by atoms with van der Waals surface area (Å²) in [6, 6.07) is 5.31. The molecule has 2 amide bonds. The van der Waals surface area contributed by atoms with Crippen molar-refractivity contribution in [1.29, 1.82) is 0 Å². The third-order valence-electron chi connectivity index (χ3n) is 4.57. The molecule has 2 aliphatic rings. The highest BCUT2D eigenvalue weighted by atomic mass is 16.5. The van der Waals surface area contributed by atoms with Gasteiger partial charge in [-0.3, -0.25) is 0 Å². The molecular weight excluding hydrogens is 324 g/mol. The van der Waals surface area contributed by atoms with Crippen molar-refractivity contribution in [2.75, 3.05) is 19.7 Å². The first-order valence-corrected chi connectivity index (χ1v) is 8.47. The van der Waals surface area contributed by atoms with Gasteiger partial charge in [0.2, 0.25) is 11.7 Å². The number of nitrogens with zero attached hydrogens (tertiary/aromatic N) is 3.